The Morgan fingerprint density at radius 1 is 0.543 bits per heavy atom. The predicted molar refractivity (Wildman–Crippen MR) is 184 cm³/mol. The van der Waals surface area contributed by atoms with Crippen molar-refractivity contribution in [3.05, 3.63) is 145 Å². The first-order chi connectivity index (χ1) is 22.6. The van der Waals surface area contributed by atoms with E-state index in [9.17, 15) is 0 Å². The Morgan fingerprint density at radius 3 is 1.78 bits per heavy atom. The van der Waals surface area contributed by atoms with E-state index < -0.39 is 0 Å². The van der Waals surface area contributed by atoms with E-state index in [1.54, 1.807) is 6.33 Å². The van der Waals surface area contributed by atoms with Crippen molar-refractivity contribution in [2.24, 2.45) is 0 Å². The number of hydrogen-bond donors (Lipinski definition) is 0. The molecular formula is C40H28N6. The summed E-state index contributed by atoms with van der Waals surface area (Å²) in [6.07, 6.45) is 3.63. The highest BCUT2D eigenvalue weighted by Crippen LogP contribution is 2.52. The predicted octanol–water partition coefficient (Wildman–Crippen LogP) is 9.07. The summed E-state index contributed by atoms with van der Waals surface area (Å²) in [5, 5.41) is 2.43. The zero-order valence-electron chi connectivity index (χ0n) is 25.4. The smallest absolute Gasteiger partial charge is 0.164 e. The van der Waals surface area contributed by atoms with E-state index >= 15 is 0 Å². The molecule has 0 amide bonds. The molecule has 1 aliphatic rings. The SMILES string of the molecule is CC1(C)c2cncnc2-c2c1ccc1c2c2ccccc2n1-c1ccc(-c2nc(-c3ccccc3)nc(-c3ccccc3)n2)cc1. The first-order valence-electron chi connectivity index (χ1n) is 15.4. The van der Waals surface area contributed by atoms with Gasteiger partial charge in [-0.1, -0.05) is 98.8 Å². The van der Waals surface area contributed by atoms with Crippen LogP contribution in [-0.2, 0) is 5.41 Å². The number of aromatic nitrogens is 6. The Hall–Kier alpha value is -6.01. The molecule has 218 valence electrons. The maximum Gasteiger partial charge on any atom is 0.164 e. The van der Waals surface area contributed by atoms with Gasteiger partial charge < -0.3 is 4.57 Å². The Labute approximate surface area is 266 Å². The molecule has 0 aliphatic heterocycles. The largest absolute Gasteiger partial charge is 0.309 e. The Morgan fingerprint density at radius 2 is 1.13 bits per heavy atom. The summed E-state index contributed by atoms with van der Waals surface area (Å²) in [6, 6.07) is 41.8. The fourth-order valence-electron chi connectivity index (χ4n) is 6.93. The van der Waals surface area contributed by atoms with Crippen LogP contribution in [0.25, 0.3) is 72.9 Å². The highest BCUT2D eigenvalue weighted by molar-refractivity contribution is 6.17. The molecular weight excluding hydrogens is 564 g/mol. The first kappa shape index (κ1) is 26.4. The lowest BCUT2D eigenvalue weighted by Gasteiger charge is -2.20. The van der Waals surface area contributed by atoms with Crippen LogP contribution in [0.5, 0.6) is 0 Å². The monoisotopic (exact) mass is 592 g/mol. The van der Waals surface area contributed by atoms with Crippen LogP contribution in [0, 0.1) is 0 Å². The van der Waals surface area contributed by atoms with Gasteiger partial charge in [0.05, 0.1) is 16.7 Å². The summed E-state index contributed by atoms with van der Waals surface area (Å²) in [6.45, 7) is 4.52. The van der Waals surface area contributed by atoms with E-state index in [1.165, 1.54) is 27.5 Å². The van der Waals surface area contributed by atoms with E-state index in [2.05, 4.69) is 84.1 Å². The molecule has 0 saturated heterocycles. The Kier molecular flexibility index (Phi) is 5.74. The van der Waals surface area contributed by atoms with Gasteiger partial charge in [-0.15, -0.1) is 0 Å². The van der Waals surface area contributed by atoms with E-state index in [1.807, 2.05) is 66.9 Å². The zero-order chi connectivity index (χ0) is 30.8. The summed E-state index contributed by atoms with van der Waals surface area (Å²) in [7, 11) is 0. The fourth-order valence-corrected chi connectivity index (χ4v) is 6.93. The number of hydrogen-bond acceptors (Lipinski definition) is 5. The Bertz CT molecular complexity index is 2370. The molecule has 3 aromatic heterocycles. The van der Waals surface area contributed by atoms with Crippen molar-refractivity contribution in [1.29, 1.82) is 0 Å². The number of fused-ring (bicyclic) bond motifs is 7. The molecule has 1 aliphatic carbocycles. The maximum atomic E-state index is 4.92. The maximum absolute atomic E-state index is 4.92. The van der Waals surface area contributed by atoms with Crippen LogP contribution >= 0.6 is 0 Å². The van der Waals surface area contributed by atoms with Crippen molar-refractivity contribution in [3.63, 3.8) is 0 Å². The van der Waals surface area contributed by atoms with Crippen molar-refractivity contribution >= 4 is 21.8 Å². The van der Waals surface area contributed by atoms with Crippen molar-refractivity contribution in [1.82, 2.24) is 29.5 Å². The van der Waals surface area contributed by atoms with E-state index in [0.29, 0.717) is 17.5 Å². The third-order valence-corrected chi connectivity index (χ3v) is 9.22. The minimum absolute atomic E-state index is 0.174. The van der Waals surface area contributed by atoms with Gasteiger partial charge in [0.15, 0.2) is 17.5 Å². The average molecular weight is 593 g/mol. The first-order valence-corrected chi connectivity index (χ1v) is 15.4. The second kappa shape index (κ2) is 10.0. The lowest BCUT2D eigenvalue weighted by atomic mass is 9.83. The molecule has 0 saturated carbocycles. The number of rotatable bonds is 4. The standard InChI is InChI=1S/C40H28N6/c1-40(2)30-21-22-33-34(35(30)36-31(40)23-41-24-42-36)29-15-9-10-16-32(29)46(33)28-19-17-27(18-20-28)39-44-37(25-11-5-3-6-12-25)43-38(45-39)26-13-7-4-8-14-26/h3-24H,1-2H3. The van der Waals surface area contributed by atoms with Gasteiger partial charge in [0.1, 0.15) is 6.33 Å². The number of para-hydroxylation sites is 1. The summed E-state index contributed by atoms with van der Waals surface area (Å²) < 4.78 is 2.35. The summed E-state index contributed by atoms with van der Waals surface area (Å²) in [4.78, 5) is 23.9. The molecule has 46 heavy (non-hydrogen) atoms. The van der Waals surface area contributed by atoms with Crippen LogP contribution in [0.15, 0.2) is 134 Å². The normalized spacial score (nSPS) is 13.2. The molecule has 0 N–H and O–H groups in total. The van der Waals surface area contributed by atoms with Crippen molar-refractivity contribution in [3.8, 4) is 51.1 Å². The van der Waals surface area contributed by atoms with Crippen LogP contribution in [-0.4, -0.2) is 29.5 Å². The molecule has 0 spiro atoms. The van der Waals surface area contributed by atoms with Crippen LogP contribution in [0.3, 0.4) is 0 Å². The van der Waals surface area contributed by atoms with E-state index in [0.717, 1.165) is 39.1 Å². The van der Waals surface area contributed by atoms with Gasteiger partial charge in [0.2, 0.25) is 0 Å². The molecule has 6 heteroatoms. The molecule has 5 aromatic carbocycles. The zero-order valence-corrected chi connectivity index (χ0v) is 25.4. The highest BCUT2D eigenvalue weighted by atomic mass is 15.0. The van der Waals surface area contributed by atoms with Crippen LogP contribution in [0.1, 0.15) is 25.0 Å². The minimum Gasteiger partial charge on any atom is -0.309 e. The van der Waals surface area contributed by atoms with Gasteiger partial charge in [-0.25, -0.2) is 24.9 Å². The lowest BCUT2D eigenvalue weighted by molar-refractivity contribution is 0.655. The fraction of sp³-hybridized carbons (Fsp3) is 0.0750. The van der Waals surface area contributed by atoms with Crippen LogP contribution in [0.4, 0.5) is 0 Å². The summed E-state index contributed by atoms with van der Waals surface area (Å²) in [5.41, 5.74) is 10.7. The molecule has 6 nitrogen and oxygen atoms in total. The minimum atomic E-state index is -0.174. The average Bonchev–Trinajstić information content (AvgIpc) is 3.58. The van der Waals surface area contributed by atoms with E-state index in [-0.39, 0.29) is 5.41 Å². The van der Waals surface area contributed by atoms with Gasteiger partial charge >= 0.3 is 0 Å². The van der Waals surface area contributed by atoms with Gasteiger partial charge in [-0.3, -0.25) is 0 Å². The molecule has 0 atom stereocenters. The molecule has 0 unspecified atom stereocenters. The molecule has 0 fully saturated rings. The second-order valence-corrected chi connectivity index (χ2v) is 12.2. The van der Waals surface area contributed by atoms with Gasteiger partial charge in [-0.2, -0.15) is 0 Å². The van der Waals surface area contributed by atoms with E-state index in [4.69, 9.17) is 19.9 Å². The third-order valence-electron chi connectivity index (χ3n) is 9.22. The van der Waals surface area contributed by atoms with Gasteiger partial charge in [0, 0.05) is 55.9 Å². The molecule has 9 rings (SSSR count). The highest BCUT2D eigenvalue weighted by Gasteiger charge is 2.38. The van der Waals surface area contributed by atoms with Gasteiger partial charge in [-0.05, 0) is 42.0 Å². The lowest BCUT2D eigenvalue weighted by Crippen LogP contribution is -2.15. The summed E-state index contributed by atoms with van der Waals surface area (Å²) >= 11 is 0. The second-order valence-electron chi connectivity index (χ2n) is 12.2. The molecule has 8 aromatic rings. The van der Waals surface area contributed by atoms with Crippen molar-refractivity contribution < 1.29 is 0 Å². The topological polar surface area (TPSA) is 69.4 Å². The van der Waals surface area contributed by atoms with Crippen LogP contribution < -0.4 is 0 Å². The van der Waals surface area contributed by atoms with Crippen molar-refractivity contribution in [2.75, 3.05) is 0 Å². The number of benzene rings is 5. The summed E-state index contributed by atoms with van der Waals surface area (Å²) in [5.74, 6) is 1.94. The van der Waals surface area contributed by atoms with Crippen LogP contribution in [0.2, 0.25) is 0 Å². The van der Waals surface area contributed by atoms with Gasteiger partial charge in [0.25, 0.3) is 0 Å². The molecule has 0 radical (unpaired) electrons. The third kappa shape index (κ3) is 3.93. The van der Waals surface area contributed by atoms with Crippen molar-refractivity contribution in [2.45, 2.75) is 19.3 Å². The quantitative estimate of drug-likeness (QED) is 0.204. The molecule has 3 heterocycles. The Balaban J connectivity index is 1.21. The number of nitrogens with zero attached hydrogens (tertiary/aromatic N) is 6. The molecule has 0 bridgehead atoms.